The van der Waals surface area contributed by atoms with Crippen LogP contribution >= 0.6 is 0 Å². The summed E-state index contributed by atoms with van der Waals surface area (Å²) in [5, 5.41) is 23.2. The summed E-state index contributed by atoms with van der Waals surface area (Å²) in [5.74, 6) is 0.403. The Balaban J connectivity index is 1.18. The van der Waals surface area contributed by atoms with Crippen LogP contribution in [0.4, 0.5) is 0 Å². The molecule has 2 aliphatic heterocycles. The van der Waals surface area contributed by atoms with Crippen molar-refractivity contribution in [3.05, 3.63) is 35.4 Å². The lowest BCUT2D eigenvalue weighted by molar-refractivity contribution is -0.138. The van der Waals surface area contributed by atoms with Crippen molar-refractivity contribution < 1.29 is 14.3 Å². The van der Waals surface area contributed by atoms with E-state index in [1.54, 1.807) is 11.8 Å². The number of cyclic esters (lactones) is 1. The lowest BCUT2D eigenvalue weighted by atomic mass is 9.71. The number of likely N-dealkylation sites (tertiary alicyclic amines) is 1. The number of esters is 1. The molecule has 0 bridgehead atoms. The maximum absolute atomic E-state index is 13.3. The zero-order valence-electron chi connectivity index (χ0n) is 18.2. The average molecular weight is 438 g/mol. The van der Waals surface area contributed by atoms with Crippen LogP contribution in [0.3, 0.4) is 0 Å². The quantitative estimate of drug-likeness (QED) is 0.682. The minimum Gasteiger partial charge on any atom is -0.456 e. The number of hydrogen-bond acceptors (Lipinski definition) is 9. The monoisotopic (exact) mass is 438 g/mol. The van der Waals surface area contributed by atoms with Gasteiger partial charge in [-0.15, -0.1) is 10.2 Å². The third-order valence-corrected chi connectivity index (χ3v) is 7.04. The van der Waals surface area contributed by atoms with E-state index in [4.69, 9.17) is 4.74 Å². The fraction of sp³-hybridized carbons (Fsp3) is 0.571. The molecule has 1 amide bonds. The number of ether oxygens (including phenoxy) is 1. The predicted molar refractivity (Wildman–Crippen MR) is 111 cm³/mol. The van der Waals surface area contributed by atoms with Gasteiger partial charge in [-0.2, -0.15) is 9.78 Å². The van der Waals surface area contributed by atoms with Crippen LogP contribution in [0.15, 0.2) is 29.7 Å². The molecule has 2 aromatic heterocycles. The van der Waals surface area contributed by atoms with Crippen molar-refractivity contribution >= 4 is 11.9 Å². The van der Waals surface area contributed by atoms with Crippen molar-refractivity contribution in [3.63, 3.8) is 0 Å². The molecule has 11 heteroatoms. The van der Waals surface area contributed by atoms with Crippen molar-refractivity contribution in [1.82, 2.24) is 40.6 Å². The summed E-state index contributed by atoms with van der Waals surface area (Å²) >= 11 is 0. The van der Waals surface area contributed by atoms with Crippen LogP contribution in [0.1, 0.15) is 57.7 Å². The summed E-state index contributed by atoms with van der Waals surface area (Å²) in [6.45, 7) is 4.69. The highest BCUT2D eigenvalue weighted by atomic mass is 16.5. The minimum absolute atomic E-state index is 0.0368. The van der Waals surface area contributed by atoms with E-state index in [0.29, 0.717) is 24.0 Å². The largest absolute Gasteiger partial charge is 0.456 e. The van der Waals surface area contributed by atoms with Gasteiger partial charge in [0.25, 0.3) is 0 Å². The van der Waals surface area contributed by atoms with Crippen LogP contribution in [0.5, 0.6) is 0 Å². The van der Waals surface area contributed by atoms with Gasteiger partial charge in [-0.05, 0) is 68.5 Å². The van der Waals surface area contributed by atoms with Gasteiger partial charge in [0, 0.05) is 18.6 Å². The molecule has 0 aromatic carbocycles. The number of tetrazole rings is 1. The Morgan fingerprint density at radius 3 is 2.62 bits per heavy atom. The zero-order chi connectivity index (χ0) is 22.3. The summed E-state index contributed by atoms with van der Waals surface area (Å²) in [6.07, 6.45) is 5.85. The molecule has 32 heavy (non-hydrogen) atoms. The predicted octanol–water partition coefficient (Wildman–Crippen LogP) is 1.09. The fourth-order valence-electron chi connectivity index (χ4n) is 5.02. The van der Waals surface area contributed by atoms with E-state index in [9.17, 15) is 9.59 Å². The minimum atomic E-state index is -0.315. The lowest BCUT2D eigenvalue weighted by Crippen LogP contribution is -2.42. The number of rotatable bonds is 5. The Morgan fingerprint density at radius 2 is 2.00 bits per heavy atom. The summed E-state index contributed by atoms with van der Waals surface area (Å²) in [5.41, 5.74) is 1.84. The third kappa shape index (κ3) is 3.56. The highest BCUT2D eigenvalue weighted by Gasteiger charge is 2.50. The van der Waals surface area contributed by atoms with Crippen molar-refractivity contribution in [2.45, 2.75) is 58.0 Å². The number of nitrogens with zero attached hydrogens (tertiary/aromatic N) is 7. The molecule has 4 heterocycles. The molecule has 0 unspecified atom stereocenters. The summed E-state index contributed by atoms with van der Waals surface area (Å²) < 4.78 is 6.57. The van der Waals surface area contributed by atoms with E-state index in [-0.39, 0.29) is 29.9 Å². The number of aromatic nitrogens is 6. The molecule has 1 saturated heterocycles. The number of carbonyl (C=O) groups excluding carboxylic acids is 2. The van der Waals surface area contributed by atoms with Crippen LogP contribution < -0.4 is 5.32 Å². The average Bonchev–Trinajstić information content (AvgIpc) is 3.53. The van der Waals surface area contributed by atoms with E-state index in [2.05, 4.69) is 38.0 Å². The Morgan fingerprint density at radius 1 is 1.19 bits per heavy atom. The number of amides is 1. The van der Waals surface area contributed by atoms with Crippen LogP contribution in [0, 0.1) is 5.41 Å². The fourth-order valence-corrected chi connectivity index (χ4v) is 5.02. The molecule has 0 radical (unpaired) electrons. The standard InChI is InChI=1S/C21H26N8O3/c1-13-17(11-32-19(13)30)28-10-9-21(20(28)31)7-5-15(6-8-21)23-14(2)16-3-4-18(25-24-16)29-12-22-26-27-29/h3-4,12,14-15,23H,5-11H2,1-2H3/t14-,15-,21-/m1/s1. The molecule has 1 atom stereocenters. The molecule has 2 aromatic rings. The van der Waals surface area contributed by atoms with E-state index < -0.39 is 0 Å². The van der Waals surface area contributed by atoms with E-state index in [1.165, 1.54) is 11.0 Å². The second-order valence-electron chi connectivity index (χ2n) is 8.87. The maximum Gasteiger partial charge on any atom is 0.336 e. The van der Waals surface area contributed by atoms with Crippen LogP contribution in [-0.2, 0) is 14.3 Å². The number of hydrogen-bond donors (Lipinski definition) is 1. The maximum atomic E-state index is 13.3. The summed E-state index contributed by atoms with van der Waals surface area (Å²) in [6, 6.07) is 4.11. The van der Waals surface area contributed by atoms with Crippen molar-refractivity contribution in [2.75, 3.05) is 13.2 Å². The second-order valence-corrected chi connectivity index (χ2v) is 8.87. The first-order valence-electron chi connectivity index (χ1n) is 11.0. The van der Waals surface area contributed by atoms with Gasteiger partial charge >= 0.3 is 5.97 Å². The molecule has 1 spiro atoms. The van der Waals surface area contributed by atoms with Gasteiger partial charge in [0.15, 0.2) is 5.82 Å². The summed E-state index contributed by atoms with van der Waals surface area (Å²) in [4.78, 5) is 26.8. The number of carbonyl (C=O) groups is 2. The van der Waals surface area contributed by atoms with Crippen LogP contribution in [-0.4, -0.2) is 66.4 Å². The van der Waals surface area contributed by atoms with Gasteiger partial charge in [-0.3, -0.25) is 4.79 Å². The van der Waals surface area contributed by atoms with Gasteiger partial charge < -0.3 is 15.0 Å². The Kier molecular flexibility index (Phi) is 5.20. The number of nitrogens with one attached hydrogen (secondary N) is 1. The molecule has 1 aliphatic carbocycles. The SMILES string of the molecule is CC1=C(N2CC[C@]3(CC[C@@H](N[C@H](C)c4ccc(-n5cnnn5)nn4)CC3)C2=O)COC1=O. The van der Waals surface area contributed by atoms with Gasteiger partial charge in [0.05, 0.1) is 22.4 Å². The molecule has 2 fully saturated rings. The summed E-state index contributed by atoms with van der Waals surface area (Å²) in [7, 11) is 0. The van der Waals surface area contributed by atoms with Gasteiger partial charge in [-0.25, -0.2) is 4.79 Å². The molecular formula is C21H26N8O3. The van der Waals surface area contributed by atoms with Crippen molar-refractivity contribution in [1.29, 1.82) is 0 Å². The first-order valence-corrected chi connectivity index (χ1v) is 11.0. The smallest absolute Gasteiger partial charge is 0.336 e. The molecule has 11 nitrogen and oxygen atoms in total. The second kappa shape index (κ2) is 8.05. The van der Waals surface area contributed by atoms with Crippen LogP contribution in [0.2, 0.25) is 0 Å². The van der Waals surface area contributed by atoms with Gasteiger partial charge in [0.1, 0.15) is 12.9 Å². The van der Waals surface area contributed by atoms with Crippen molar-refractivity contribution in [3.8, 4) is 5.82 Å². The normalized spacial score (nSPS) is 26.8. The molecule has 168 valence electrons. The third-order valence-electron chi connectivity index (χ3n) is 7.04. The zero-order valence-corrected chi connectivity index (χ0v) is 18.2. The topological polar surface area (TPSA) is 128 Å². The first-order chi connectivity index (χ1) is 15.5. The molecule has 5 rings (SSSR count). The van der Waals surface area contributed by atoms with Gasteiger partial charge in [0.2, 0.25) is 5.91 Å². The highest BCUT2D eigenvalue weighted by Crippen LogP contribution is 2.46. The van der Waals surface area contributed by atoms with E-state index in [1.807, 2.05) is 12.1 Å². The van der Waals surface area contributed by atoms with Gasteiger partial charge in [-0.1, -0.05) is 0 Å². The van der Waals surface area contributed by atoms with Crippen molar-refractivity contribution in [2.24, 2.45) is 5.41 Å². The van der Waals surface area contributed by atoms with E-state index in [0.717, 1.165) is 43.5 Å². The Hall–Kier alpha value is -3.21. The van der Waals surface area contributed by atoms with E-state index >= 15 is 0 Å². The molecule has 1 N–H and O–H groups in total. The van der Waals surface area contributed by atoms with Crippen LogP contribution in [0.25, 0.3) is 5.82 Å². The highest BCUT2D eigenvalue weighted by molar-refractivity contribution is 5.94. The molecular weight excluding hydrogens is 412 g/mol. The first kappa shape index (κ1) is 20.7. The molecule has 3 aliphatic rings. The lowest BCUT2D eigenvalue weighted by Gasteiger charge is -2.37. The molecule has 1 saturated carbocycles. The Labute approximate surface area is 185 Å². The Bertz CT molecular complexity index is 1040.